The Kier molecular flexibility index (Phi) is 5.35. The average molecular weight is 467 g/mol. The van der Waals surface area contributed by atoms with E-state index in [4.69, 9.17) is 0 Å². The lowest BCUT2D eigenvalue weighted by atomic mass is 10.1. The fourth-order valence-corrected chi connectivity index (χ4v) is 3.75. The maximum absolute atomic E-state index is 12.8. The average Bonchev–Trinajstić information content (AvgIpc) is 3.11. The molecule has 0 aliphatic carbocycles. The summed E-state index contributed by atoms with van der Waals surface area (Å²) in [6, 6.07) is 10.7. The molecule has 1 saturated heterocycles. The summed E-state index contributed by atoms with van der Waals surface area (Å²) in [5.41, 5.74) is 1.42. The minimum absolute atomic E-state index is 0.112. The molecule has 0 spiro atoms. The minimum Gasteiger partial charge on any atom is -0.335 e. The van der Waals surface area contributed by atoms with E-state index in [0.717, 1.165) is 27.7 Å². The number of hydrogen-bond acceptors (Lipinski definition) is 3. The Hall–Kier alpha value is -2.39. The van der Waals surface area contributed by atoms with Crippen LogP contribution >= 0.6 is 15.9 Å². The third-order valence-corrected chi connectivity index (χ3v) is 5.48. The van der Waals surface area contributed by atoms with Crippen molar-refractivity contribution in [2.75, 3.05) is 26.2 Å². The summed E-state index contributed by atoms with van der Waals surface area (Å²) in [5, 5.41) is 4.34. The molecule has 0 N–H and O–H groups in total. The summed E-state index contributed by atoms with van der Waals surface area (Å²) < 4.78 is 40.6. The van der Waals surface area contributed by atoms with E-state index in [0.29, 0.717) is 38.4 Å². The van der Waals surface area contributed by atoms with Gasteiger partial charge in [-0.1, -0.05) is 28.1 Å². The molecule has 3 heterocycles. The number of nitrogens with zero attached hydrogens (tertiary/aromatic N) is 4. The Bertz CT molecular complexity index is 1020. The maximum atomic E-state index is 12.8. The van der Waals surface area contributed by atoms with Gasteiger partial charge < -0.3 is 4.90 Å². The van der Waals surface area contributed by atoms with Crippen LogP contribution in [0.15, 0.2) is 53.1 Å². The Morgan fingerprint density at radius 1 is 1.03 bits per heavy atom. The monoisotopic (exact) mass is 466 g/mol. The Balaban J connectivity index is 1.35. The largest absolute Gasteiger partial charge is 0.416 e. The molecule has 0 radical (unpaired) electrons. The second-order valence-electron chi connectivity index (χ2n) is 7.01. The van der Waals surface area contributed by atoms with E-state index in [-0.39, 0.29) is 5.91 Å². The van der Waals surface area contributed by atoms with Gasteiger partial charge in [0.25, 0.3) is 5.91 Å². The lowest BCUT2D eigenvalue weighted by molar-refractivity contribution is -0.137. The Labute approximate surface area is 173 Å². The zero-order valence-electron chi connectivity index (χ0n) is 15.4. The second kappa shape index (κ2) is 7.79. The highest BCUT2D eigenvalue weighted by atomic mass is 79.9. The highest BCUT2D eigenvalue weighted by molar-refractivity contribution is 9.10. The number of amides is 1. The molecule has 1 fully saturated rings. The molecular formula is C20H18BrF3N4O. The lowest BCUT2D eigenvalue weighted by Crippen LogP contribution is -2.48. The summed E-state index contributed by atoms with van der Waals surface area (Å²) in [6.45, 7) is 2.98. The van der Waals surface area contributed by atoms with Crippen LogP contribution in [0.3, 0.4) is 0 Å². The van der Waals surface area contributed by atoms with Crippen molar-refractivity contribution in [3.8, 4) is 0 Å². The van der Waals surface area contributed by atoms with Crippen LogP contribution in [0.25, 0.3) is 5.52 Å². The molecule has 2 aromatic heterocycles. The van der Waals surface area contributed by atoms with E-state index in [1.807, 2.05) is 12.1 Å². The van der Waals surface area contributed by atoms with Crippen molar-refractivity contribution < 1.29 is 18.0 Å². The first kappa shape index (κ1) is 19.9. The summed E-state index contributed by atoms with van der Waals surface area (Å²) in [6.07, 6.45) is -2.53. The first-order chi connectivity index (χ1) is 13.8. The minimum atomic E-state index is -4.32. The number of rotatable bonds is 3. The van der Waals surface area contributed by atoms with Crippen molar-refractivity contribution in [2.24, 2.45) is 0 Å². The Morgan fingerprint density at radius 3 is 2.38 bits per heavy atom. The van der Waals surface area contributed by atoms with Crippen molar-refractivity contribution in [2.45, 2.75) is 12.7 Å². The van der Waals surface area contributed by atoms with Gasteiger partial charge >= 0.3 is 6.18 Å². The van der Waals surface area contributed by atoms with Crippen molar-refractivity contribution in [1.29, 1.82) is 0 Å². The molecule has 1 amide bonds. The van der Waals surface area contributed by atoms with Crippen molar-refractivity contribution in [3.63, 3.8) is 0 Å². The highest BCUT2D eigenvalue weighted by Gasteiger charge is 2.30. The Morgan fingerprint density at radius 2 is 1.72 bits per heavy atom. The third-order valence-electron chi connectivity index (χ3n) is 4.99. The van der Waals surface area contributed by atoms with Gasteiger partial charge in [0.05, 0.1) is 11.1 Å². The van der Waals surface area contributed by atoms with E-state index in [9.17, 15) is 18.0 Å². The smallest absolute Gasteiger partial charge is 0.335 e. The van der Waals surface area contributed by atoms with Crippen molar-refractivity contribution in [1.82, 2.24) is 19.4 Å². The molecule has 4 rings (SSSR count). The van der Waals surface area contributed by atoms with Crippen LogP contribution < -0.4 is 0 Å². The number of carbonyl (C=O) groups excluding carboxylic acids is 1. The van der Waals surface area contributed by atoms with Crippen LogP contribution in [0.2, 0.25) is 0 Å². The predicted molar refractivity (Wildman–Crippen MR) is 106 cm³/mol. The van der Waals surface area contributed by atoms with Gasteiger partial charge in [0.2, 0.25) is 0 Å². The van der Waals surface area contributed by atoms with Crippen LogP contribution in [-0.2, 0) is 12.7 Å². The number of benzene rings is 1. The number of alkyl halides is 3. The fourth-order valence-electron chi connectivity index (χ4n) is 3.40. The maximum Gasteiger partial charge on any atom is 0.416 e. The van der Waals surface area contributed by atoms with E-state index >= 15 is 0 Å². The number of carbonyl (C=O) groups is 1. The van der Waals surface area contributed by atoms with Gasteiger partial charge in [0.1, 0.15) is 0 Å². The quantitative estimate of drug-likeness (QED) is 0.583. The van der Waals surface area contributed by atoms with E-state index in [2.05, 4.69) is 25.9 Å². The number of pyridine rings is 1. The van der Waals surface area contributed by atoms with E-state index < -0.39 is 11.7 Å². The molecule has 152 valence electrons. The predicted octanol–water partition coefficient (Wildman–Crippen LogP) is 4.07. The van der Waals surface area contributed by atoms with Crippen LogP contribution in [0.1, 0.15) is 21.6 Å². The van der Waals surface area contributed by atoms with Gasteiger partial charge in [-0.2, -0.15) is 18.3 Å². The van der Waals surface area contributed by atoms with Crippen molar-refractivity contribution in [3.05, 3.63) is 70.0 Å². The molecule has 1 aromatic carbocycles. The molecular weight excluding hydrogens is 449 g/mol. The zero-order valence-corrected chi connectivity index (χ0v) is 16.9. The van der Waals surface area contributed by atoms with Gasteiger partial charge in [0, 0.05) is 43.4 Å². The summed E-state index contributed by atoms with van der Waals surface area (Å²) in [7, 11) is 0. The molecule has 0 saturated carbocycles. The summed E-state index contributed by atoms with van der Waals surface area (Å²) in [5.74, 6) is -0.112. The lowest BCUT2D eigenvalue weighted by Gasteiger charge is -2.34. The molecule has 3 aromatic rings. The van der Waals surface area contributed by atoms with Gasteiger partial charge in [-0.15, -0.1) is 0 Å². The SMILES string of the molecule is O=C(c1cc2cc(Br)ccn2n1)N1CCN(Cc2ccc(C(F)(F)F)cc2)CC1. The molecule has 0 unspecified atom stereocenters. The van der Waals surface area contributed by atoms with E-state index in [1.54, 1.807) is 21.7 Å². The van der Waals surface area contributed by atoms with Gasteiger partial charge in [-0.05, 0) is 35.9 Å². The van der Waals surface area contributed by atoms with E-state index in [1.165, 1.54) is 12.1 Å². The number of piperazine rings is 1. The molecule has 0 bridgehead atoms. The van der Waals surface area contributed by atoms with Crippen LogP contribution in [0.5, 0.6) is 0 Å². The molecule has 0 atom stereocenters. The number of halogens is 4. The molecule has 29 heavy (non-hydrogen) atoms. The van der Waals surface area contributed by atoms with Crippen LogP contribution in [0.4, 0.5) is 13.2 Å². The topological polar surface area (TPSA) is 40.9 Å². The standard InChI is InChI=1S/C20H18BrF3N4O/c21-16-5-6-28-17(11-16)12-18(25-28)19(29)27-9-7-26(8-10-27)13-14-1-3-15(4-2-14)20(22,23)24/h1-6,11-12H,7-10,13H2. The normalized spacial score (nSPS) is 15.8. The van der Waals surface area contributed by atoms with Crippen molar-refractivity contribution >= 4 is 27.4 Å². The summed E-state index contributed by atoms with van der Waals surface area (Å²) in [4.78, 5) is 16.7. The van der Waals surface area contributed by atoms with Crippen LogP contribution in [-0.4, -0.2) is 51.5 Å². The second-order valence-corrected chi connectivity index (χ2v) is 7.92. The first-order valence-electron chi connectivity index (χ1n) is 9.12. The first-order valence-corrected chi connectivity index (χ1v) is 9.91. The molecule has 9 heteroatoms. The third kappa shape index (κ3) is 4.45. The fraction of sp³-hybridized carbons (Fsp3) is 0.300. The molecule has 1 aliphatic heterocycles. The van der Waals surface area contributed by atoms with Gasteiger partial charge in [-0.25, -0.2) is 4.52 Å². The highest BCUT2D eigenvalue weighted by Crippen LogP contribution is 2.29. The van der Waals surface area contributed by atoms with Gasteiger partial charge in [-0.3, -0.25) is 9.69 Å². The van der Waals surface area contributed by atoms with Crippen LogP contribution in [0, 0.1) is 0 Å². The number of aromatic nitrogens is 2. The molecule has 1 aliphatic rings. The number of hydrogen-bond donors (Lipinski definition) is 0. The number of fused-ring (bicyclic) bond motifs is 1. The summed E-state index contributed by atoms with van der Waals surface area (Å²) >= 11 is 3.40. The van der Waals surface area contributed by atoms with Gasteiger partial charge in [0.15, 0.2) is 5.69 Å². The zero-order chi connectivity index (χ0) is 20.6. The molecule has 5 nitrogen and oxygen atoms in total.